The third-order valence-electron chi connectivity index (χ3n) is 8.40. The molecule has 1 atom stereocenters. The standard InChI is InChI=1S/C36H41N7O6/c1-36(2,3)49-35(48)37-21-23-10-14-26(15-11-23)32(44)39-30(33(45)38-27-18-16-25(17-19-27)31-40-42-43-41-31)20-22-8-12-24(13-9-22)28-6-4-5-7-29(28)34(46)47/h4-9,12-13,16-19,23,26,30H,10-11,14-15,20-21H2,1-3H3,(H,37,48)(H,38,45)(H,39,44)(H,46,47)(H,40,41,42,43)/t23?,26?,30-/m0/s1. The zero-order chi connectivity index (χ0) is 35.0. The maximum absolute atomic E-state index is 13.7. The number of carbonyl (C=O) groups is 4. The van der Waals surface area contributed by atoms with Gasteiger partial charge in [0.25, 0.3) is 0 Å². The van der Waals surface area contributed by atoms with E-state index >= 15 is 0 Å². The summed E-state index contributed by atoms with van der Waals surface area (Å²) < 4.78 is 5.33. The Morgan fingerprint density at radius 1 is 0.918 bits per heavy atom. The average molecular weight is 668 g/mol. The molecule has 13 heteroatoms. The highest BCUT2D eigenvalue weighted by atomic mass is 16.6. The van der Waals surface area contributed by atoms with Crippen LogP contribution in [0.15, 0.2) is 72.8 Å². The normalized spacial score (nSPS) is 16.6. The summed E-state index contributed by atoms with van der Waals surface area (Å²) in [6, 6.07) is 20.2. The highest BCUT2D eigenvalue weighted by Crippen LogP contribution is 2.29. The number of carbonyl (C=O) groups excluding carboxylic acids is 3. The molecule has 1 aromatic heterocycles. The average Bonchev–Trinajstić information content (AvgIpc) is 3.62. The summed E-state index contributed by atoms with van der Waals surface area (Å²) in [6.45, 7) is 5.92. The molecule has 0 radical (unpaired) electrons. The zero-order valence-electron chi connectivity index (χ0n) is 27.7. The first-order valence-electron chi connectivity index (χ1n) is 16.3. The Bertz CT molecular complexity index is 1740. The van der Waals surface area contributed by atoms with Gasteiger partial charge in [0.15, 0.2) is 0 Å². The van der Waals surface area contributed by atoms with Crippen LogP contribution < -0.4 is 16.0 Å². The third kappa shape index (κ3) is 9.72. The molecule has 1 saturated carbocycles. The Balaban J connectivity index is 1.25. The van der Waals surface area contributed by atoms with Crippen molar-refractivity contribution in [2.45, 2.75) is 64.5 Å². The molecule has 0 bridgehead atoms. The molecule has 1 heterocycles. The molecule has 3 aromatic carbocycles. The number of tetrazole rings is 1. The van der Waals surface area contributed by atoms with Crippen molar-refractivity contribution in [3.05, 3.63) is 83.9 Å². The van der Waals surface area contributed by atoms with Gasteiger partial charge in [0, 0.05) is 30.1 Å². The SMILES string of the molecule is CC(C)(C)OC(=O)NCC1CCC(C(=O)N[C@@H](Cc2ccc(-c3ccccc3C(=O)O)cc2)C(=O)Nc2ccc(-c3nn[nH]n3)cc2)CC1. The summed E-state index contributed by atoms with van der Waals surface area (Å²) in [7, 11) is 0. The van der Waals surface area contributed by atoms with Crippen molar-refractivity contribution < 1.29 is 29.0 Å². The monoisotopic (exact) mass is 667 g/mol. The number of ether oxygens (including phenoxy) is 1. The van der Waals surface area contributed by atoms with Gasteiger partial charge in [-0.3, -0.25) is 9.59 Å². The third-order valence-corrected chi connectivity index (χ3v) is 8.40. The van der Waals surface area contributed by atoms with Crippen LogP contribution in [0.4, 0.5) is 10.5 Å². The molecule has 49 heavy (non-hydrogen) atoms. The Labute approximate surface area is 284 Å². The van der Waals surface area contributed by atoms with E-state index in [4.69, 9.17) is 4.74 Å². The molecule has 5 rings (SSSR count). The molecule has 0 spiro atoms. The Hall–Kier alpha value is -5.59. The maximum Gasteiger partial charge on any atom is 0.407 e. The fourth-order valence-corrected chi connectivity index (χ4v) is 5.86. The van der Waals surface area contributed by atoms with E-state index in [1.54, 1.807) is 48.5 Å². The van der Waals surface area contributed by atoms with Gasteiger partial charge >= 0.3 is 12.1 Å². The summed E-state index contributed by atoms with van der Waals surface area (Å²) >= 11 is 0. The second-order valence-corrected chi connectivity index (χ2v) is 13.2. The first-order valence-corrected chi connectivity index (χ1v) is 16.3. The number of anilines is 1. The smallest absolute Gasteiger partial charge is 0.407 e. The largest absolute Gasteiger partial charge is 0.478 e. The molecule has 1 aliphatic rings. The predicted molar refractivity (Wildman–Crippen MR) is 182 cm³/mol. The molecule has 4 aromatic rings. The van der Waals surface area contributed by atoms with E-state index in [2.05, 4.69) is 36.6 Å². The van der Waals surface area contributed by atoms with E-state index in [1.165, 1.54) is 0 Å². The van der Waals surface area contributed by atoms with Gasteiger partial charge < -0.3 is 25.8 Å². The Morgan fingerprint density at radius 2 is 1.59 bits per heavy atom. The van der Waals surface area contributed by atoms with E-state index in [0.29, 0.717) is 36.5 Å². The number of aromatic nitrogens is 4. The number of amides is 3. The van der Waals surface area contributed by atoms with Crippen molar-refractivity contribution in [1.82, 2.24) is 31.3 Å². The van der Waals surface area contributed by atoms with Crippen molar-refractivity contribution in [1.29, 1.82) is 0 Å². The van der Waals surface area contributed by atoms with Crippen LogP contribution in [0.25, 0.3) is 22.5 Å². The summed E-state index contributed by atoms with van der Waals surface area (Å²) in [4.78, 5) is 51.0. The molecule has 0 aliphatic heterocycles. The van der Waals surface area contributed by atoms with Crippen molar-refractivity contribution >= 4 is 29.6 Å². The summed E-state index contributed by atoms with van der Waals surface area (Å²) in [5.74, 6) is -1.20. The van der Waals surface area contributed by atoms with Gasteiger partial charge in [-0.2, -0.15) is 5.21 Å². The lowest BCUT2D eigenvalue weighted by molar-refractivity contribution is -0.130. The minimum absolute atomic E-state index is 0.195. The number of aromatic carboxylic acids is 1. The number of rotatable bonds is 11. The van der Waals surface area contributed by atoms with Crippen LogP contribution in [0.2, 0.25) is 0 Å². The molecular formula is C36H41N7O6. The van der Waals surface area contributed by atoms with E-state index in [9.17, 15) is 24.3 Å². The minimum atomic E-state index is -1.02. The van der Waals surface area contributed by atoms with E-state index in [0.717, 1.165) is 29.5 Å². The topological polar surface area (TPSA) is 188 Å². The molecule has 0 saturated heterocycles. The summed E-state index contributed by atoms with van der Waals surface area (Å²) in [5.41, 5.74) is 2.99. The fraction of sp³-hybridized carbons (Fsp3) is 0.361. The zero-order valence-corrected chi connectivity index (χ0v) is 27.7. The number of carboxylic acid groups (broad SMARTS) is 1. The van der Waals surface area contributed by atoms with Gasteiger partial charge in [-0.15, -0.1) is 10.2 Å². The molecular weight excluding hydrogens is 626 g/mol. The van der Waals surface area contributed by atoms with Crippen molar-refractivity contribution in [2.75, 3.05) is 11.9 Å². The number of nitrogens with one attached hydrogen (secondary N) is 4. The van der Waals surface area contributed by atoms with Gasteiger partial charge in [0.2, 0.25) is 17.6 Å². The van der Waals surface area contributed by atoms with E-state index < -0.39 is 23.7 Å². The van der Waals surface area contributed by atoms with Gasteiger partial charge in [0.1, 0.15) is 11.6 Å². The van der Waals surface area contributed by atoms with E-state index in [-0.39, 0.29) is 35.6 Å². The number of aromatic amines is 1. The number of benzene rings is 3. The van der Waals surface area contributed by atoms with Crippen molar-refractivity contribution in [3.63, 3.8) is 0 Å². The molecule has 1 aliphatic carbocycles. The van der Waals surface area contributed by atoms with E-state index in [1.807, 2.05) is 45.0 Å². The molecule has 256 valence electrons. The molecule has 13 nitrogen and oxygen atoms in total. The number of carboxylic acids is 1. The Kier molecular flexibility index (Phi) is 11.0. The van der Waals surface area contributed by atoms with Crippen LogP contribution in [0.1, 0.15) is 62.4 Å². The lowest BCUT2D eigenvalue weighted by Gasteiger charge is -2.29. The predicted octanol–water partition coefficient (Wildman–Crippen LogP) is 5.23. The van der Waals surface area contributed by atoms with Gasteiger partial charge in [-0.25, -0.2) is 9.59 Å². The van der Waals surface area contributed by atoms with Crippen LogP contribution in [0.5, 0.6) is 0 Å². The van der Waals surface area contributed by atoms with Crippen molar-refractivity contribution in [3.8, 4) is 22.5 Å². The maximum atomic E-state index is 13.7. The highest BCUT2D eigenvalue weighted by molar-refractivity contribution is 5.98. The number of nitrogens with zero attached hydrogens (tertiary/aromatic N) is 3. The van der Waals surface area contributed by atoms with Crippen molar-refractivity contribution in [2.24, 2.45) is 11.8 Å². The quantitative estimate of drug-likeness (QED) is 0.143. The molecule has 3 amide bonds. The van der Waals surface area contributed by atoms with Crippen LogP contribution in [-0.2, 0) is 20.7 Å². The Morgan fingerprint density at radius 3 is 2.22 bits per heavy atom. The second kappa shape index (κ2) is 15.5. The second-order valence-electron chi connectivity index (χ2n) is 13.2. The number of H-pyrrole nitrogens is 1. The number of alkyl carbamates (subject to hydrolysis) is 1. The highest BCUT2D eigenvalue weighted by Gasteiger charge is 2.30. The minimum Gasteiger partial charge on any atom is -0.478 e. The summed E-state index contributed by atoms with van der Waals surface area (Å²) in [6.07, 6.45) is 2.55. The van der Waals surface area contributed by atoms with Gasteiger partial charge in [-0.05, 0) is 105 Å². The van der Waals surface area contributed by atoms with Gasteiger partial charge in [0.05, 0.1) is 5.56 Å². The lowest BCUT2D eigenvalue weighted by Crippen LogP contribution is -2.48. The fourth-order valence-electron chi connectivity index (χ4n) is 5.86. The number of hydrogen-bond donors (Lipinski definition) is 5. The molecule has 5 N–H and O–H groups in total. The van der Waals surface area contributed by atoms with Crippen LogP contribution in [-0.4, -0.2) is 67.8 Å². The van der Waals surface area contributed by atoms with Crippen LogP contribution >= 0.6 is 0 Å². The van der Waals surface area contributed by atoms with Crippen LogP contribution in [0, 0.1) is 11.8 Å². The molecule has 1 fully saturated rings. The first kappa shape index (κ1) is 34.7. The lowest BCUT2D eigenvalue weighted by atomic mass is 9.81. The first-order chi connectivity index (χ1) is 23.4. The van der Waals surface area contributed by atoms with Crippen LogP contribution in [0.3, 0.4) is 0 Å². The van der Waals surface area contributed by atoms with Gasteiger partial charge in [-0.1, -0.05) is 42.5 Å². The molecule has 0 unspecified atom stereocenters. The number of hydrogen-bond acceptors (Lipinski definition) is 8. The summed E-state index contributed by atoms with van der Waals surface area (Å²) in [5, 5.41) is 32.3.